The lowest BCUT2D eigenvalue weighted by atomic mass is 10.0. The van der Waals surface area contributed by atoms with Crippen LogP contribution in [0.4, 0.5) is 22.7 Å². The Labute approximate surface area is 215 Å². The summed E-state index contributed by atoms with van der Waals surface area (Å²) in [5.41, 5.74) is 7.65. The van der Waals surface area contributed by atoms with E-state index < -0.39 is 0 Å². The number of hydrogen-bond donors (Lipinski definition) is 4. The normalized spacial score (nSPS) is 17.4. The number of anilines is 4. The fraction of sp³-hybridized carbons (Fsp3) is 0.333. The Hall–Kier alpha value is -4.18. The SMILES string of the molecule is CCCC(=O)Nc1cncc(-c2ccc3n[nH]c(C4Nc5cncc(N6CCN(C)CC6)c5N4)c3c2)c1. The number of fused-ring (bicyclic) bond motifs is 2. The van der Waals surface area contributed by atoms with Gasteiger partial charge in [-0.2, -0.15) is 5.10 Å². The third kappa shape index (κ3) is 4.55. The topological polar surface area (TPSA) is 114 Å². The standard InChI is InChI=1S/C27H31N9O/c1-3-4-24(37)30-19-11-18(13-28-14-19)17-5-6-21-20(12-17)25(34-33-21)27-31-22-15-29-16-23(26(22)32-27)36-9-7-35(2)8-10-36/h5-6,11-16,27,31-32H,3-4,7-10H2,1-2H3,(H,30,37)(H,33,34). The van der Waals surface area contributed by atoms with E-state index in [1.54, 1.807) is 6.20 Å². The molecule has 1 saturated heterocycles. The number of carbonyl (C=O) groups is 1. The van der Waals surface area contributed by atoms with Crippen LogP contribution >= 0.6 is 0 Å². The number of likely N-dealkylation sites (N-methyl/N-ethyl adjacent to an activating group) is 1. The molecule has 0 radical (unpaired) electrons. The van der Waals surface area contributed by atoms with Crippen molar-refractivity contribution in [2.24, 2.45) is 0 Å². The lowest BCUT2D eigenvalue weighted by Gasteiger charge is -2.34. The van der Waals surface area contributed by atoms with Gasteiger partial charge in [-0.15, -0.1) is 0 Å². The van der Waals surface area contributed by atoms with Crippen LogP contribution in [-0.4, -0.2) is 64.2 Å². The minimum Gasteiger partial charge on any atom is -0.366 e. The molecule has 1 atom stereocenters. The molecule has 0 saturated carbocycles. The Morgan fingerprint density at radius 2 is 1.86 bits per heavy atom. The van der Waals surface area contributed by atoms with Crippen LogP contribution in [0.2, 0.25) is 0 Å². The van der Waals surface area contributed by atoms with Crippen LogP contribution in [0.3, 0.4) is 0 Å². The Bertz CT molecular complexity index is 1440. The van der Waals surface area contributed by atoms with Crippen molar-refractivity contribution in [2.45, 2.75) is 25.9 Å². The molecule has 4 N–H and O–H groups in total. The molecule has 4 aromatic rings. The highest BCUT2D eigenvalue weighted by atomic mass is 16.1. The second kappa shape index (κ2) is 9.70. The molecule has 37 heavy (non-hydrogen) atoms. The molecule has 2 aliphatic rings. The maximum Gasteiger partial charge on any atom is 0.224 e. The second-order valence-corrected chi connectivity index (χ2v) is 9.72. The van der Waals surface area contributed by atoms with Gasteiger partial charge in [-0.3, -0.25) is 19.9 Å². The number of hydrogen-bond acceptors (Lipinski definition) is 8. The Morgan fingerprint density at radius 3 is 2.70 bits per heavy atom. The zero-order valence-electron chi connectivity index (χ0n) is 21.1. The number of rotatable bonds is 6. The zero-order valence-corrected chi connectivity index (χ0v) is 21.1. The van der Waals surface area contributed by atoms with Crippen molar-refractivity contribution < 1.29 is 4.79 Å². The van der Waals surface area contributed by atoms with E-state index >= 15 is 0 Å². The van der Waals surface area contributed by atoms with Crippen molar-refractivity contribution in [3.63, 3.8) is 0 Å². The van der Waals surface area contributed by atoms with Crippen LogP contribution < -0.4 is 20.9 Å². The zero-order chi connectivity index (χ0) is 25.4. The van der Waals surface area contributed by atoms with E-state index in [-0.39, 0.29) is 12.1 Å². The summed E-state index contributed by atoms with van der Waals surface area (Å²) in [5, 5.41) is 19.0. The van der Waals surface area contributed by atoms with Gasteiger partial charge in [0.2, 0.25) is 5.91 Å². The van der Waals surface area contributed by atoms with E-state index in [1.807, 2.05) is 43.7 Å². The molecule has 3 aromatic heterocycles. The first-order valence-electron chi connectivity index (χ1n) is 12.8. The molecule has 10 nitrogen and oxygen atoms in total. The number of aromatic amines is 1. The molecule has 2 aliphatic heterocycles. The van der Waals surface area contributed by atoms with E-state index in [1.165, 1.54) is 0 Å². The molecule has 1 aromatic carbocycles. The first-order chi connectivity index (χ1) is 18.1. The van der Waals surface area contributed by atoms with Crippen LogP contribution in [0.25, 0.3) is 22.0 Å². The number of carbonyl (C=O) groups excluding carboxylic acids is 1. The predicted molar refractivity (Wildman–Crippen MR) is 147 cm³/mol. The molecule has 0 bridgehead atoms. The number of nitrogens with one attached hydrogen (secondary N) is 4. The summed E-state index contributed by atoms with van der Waals surface area (Å²) >= 11 is 0. The van der Waals surface area contributed by atoms with Gasteiger partial charge in [0.25, 0.3) is 0 Å². The summed E-state index contributed by atoms with van der Waals surface area (Å²) in [4.78, 5) is 25.6. The predicted octanol–water partition coefficient (Wildman–Crippen LogP) is 4.05. The molecule has 6 rings (SSSR count). The van der Waals surface area contributed by atoms with Crippen molar-refractivity contribution in [3.8, 4) is 11.1 Å². The lowest BCUT2D eigenvalue weighted by Crippen LogP contribution is -2.44. The van der Waals surface area contributed by atoms with E-state index in [9.17, 15) is 4.79 Å². The van der Waals surface area contributed by atoms with E-state index in [2.05, 4.69) is 59.0 Å². The van der Waals surface area contributed by atoms with E-state index in [0.29, 0.717) is 12.1 Å². The van der Waals surface area contributed by atoms with Crippen LogP contribution in [0, 0.1) is 0 Å². The van der Waals surface area contributed by atoms with Crippen LogP contribution in [-0.2, 0) is 4.79 Å². The Morgan fingerprint density at radius 1 is 1.03 bits per heavy atom. The van der Waals surface area contributed by atoms with Gasteiger partial charge < -0.3 is 25.8 Å². The molecular weight excluding hydrogens is 466 g/mol. The summed E-state index contributed by atoms with van der Waals surface area (Å²) in [7, 11) is 2.16. The largest absolute Gasteiger partial charge is 0.366 e. The van der Waals surface area contributed by atoms with Gasteiger partial charge in [0.05, 0.1) is 52.6 Å². The molecule has 5 heterocycles. The van der Waals surface area contributed by atoms with Gasteiger partial charge >= 0.3 is 0 Å². The van der Waals surface area contributed by atoms with Gasteiger partial charge in [0, 0.05) is 49.7 Å². The van der Waals surface area contributed by atoms with Crippen molar-refractivity contribution in [3.05, 3.63) is 54.7 Å². The summed E-state index contributed by atoms with van der Waals surface area (Å²) < 4.78 is 0. The van der Waals surface area contributed by atoms with E-state index in [4.69, 9.17) is 0 Å². The number of amides is 1. The highest BCUT2D eigenvalue weighted by molar-refractivity contribution is 5.93. The monoisotopic (exact) mass is 497 g/mol. The third-order valence-electron chi connectivity index (χ3n) is 7.06. The number of nitrogens with zero attached hydrogens (tertiary/aromatic N) is 5. The van der Waals surface area contributed by atoms with Crippen molar-refractivity contribution in [1.82, 2.24) is 25.1 Å². The van der Waals surface area contributed by atoms with Crippen LogP contribution in [0.1, 0.15) is 31.6 Å². The number of H-pyrrole nitrogens is 1. The first kappa shape index (κ1) is 23.2. The second-order valence-electron chi connectivity index (χ2n) is 9.72. The van der Waals surface area contributed by atoms with Gasteiger partial charge in [-0.05, 0) is 37.2 Å². The lowest BCUT2D eigenvalue weighted by molar-refractivity contribution is -0.116. The minimum atomic E-state index is -0.163. The molecule has 1 unspecified atom stereocenters. The van der Waals surface area contributed by atoms with Gasteiger partial charge in [0.15, 0.2) is 0 Å². The van der Waals surface area contributed by atoms with Gasteiger partial charge in [-0.25, -0.2) is 0 Å². The van der Waals surface area contributed by atoms with Gasteiger partial charge in [0.1, 0.15) is 6.17 Å². The fourth-order valence-electron chi connectivity index (χ4n) is 5.02. The molecule has 190 valence electrons. The highest BCUT2D eigenvalue weighted by Gasteiger charge is 2.29. The van der Waals surface area contributed by atoms with E-state index in [0.717, 1.165) is 77.4 Å². The van der Waals surface area contributed by atoms with Crippen LogP contribution in [0.15, 0.2) is 49.1 Å². The van der Waals surface area contributed by atoms with Crippen molar-refractivity contribution >= 4 is 39.6 Å². The number of benzene rings is 1. The maximum absolute atomic E-state index is 12.1. The highest BCUT2D eigenvalue weighted by Crippen LogP contribution is 2.42. The molecule has 10 heteroatoms. The summed E-state index contributed by atoms with van der Waals surface area (Å²) in [6.45, 7) is 6.01. The molecule has 0 spiro atoms. The van der Waals surface area contributed by atoms with Crippen molar-refractivity contribution in [2.75, 3.05) is 54.1 Å². The maximum atomic E-state index is 12.1. The summed E-state index contributed by atoms with van der Waals surface area (Å²) in [5.74, 6) is -0.00240. The number of piperazine rings is 1. The summed E-state index contributed by atoms with van der Waals surface area (Å²) in [6.07, 6.45) is 8.44. The van der Waals surface area contributed by atoms with Crippen molar-refractivity contribution in [1.29, 1.82) is 0 Å². The average molecular weight is 498 g/mol. The average Bonchev–Trinajstić information content (AvgIpc) is 3.53. The first-order valence-corrected chi connectivity index (χ1v) is 12.8. The quantitative estimate of drug-likeness (QED) is 0.316. The molecular formula is C27H31N9O. The van der Waals surface area contributed by atoms with Gasteiger partial charge in [-0.1, -0.05) is 13.0 Å². The Balaban J connectivity index is 1.27. The Kier molecular flexibility index (Phi) is 6.09. The smallest absolute Gasteiger partial charge is 0.224 e. The molecule has 0 aliphatic carbocycles. The molecule has 1 amide bonds. The third-order valence-corrected chi connectivity index (χ3v) is 7.06. The fourth-order valence-corrected chi connectivity index (χ4v) is 5.02. The minimum absolute atomic E-state index is 0.00240. The number of aromatic nitrogens is 4. The van der Waals surface area contributed by atoms with Crippen LogP contribution in [0.5, 0.6) is 0 Å². The molecule has 1 fully saturated rings. The summed E-state index contributed by atoms with van der Waals surface area (Å²) in [6, 6.07) is 8.11. The number of pyridine rings is 2.